The van der Waals surface area contributed by atoms with E-state index in [0.29, 0.717) is 21.3 Å². The quantitative estimate of drug-likeness (QED) is 0.880. The molecule has 1 amide bonds. The van der Waals surface area contributed by atoms with Gasteiger partial charge in [-0.05, 0) is 35.9 Å². The fourth-order valence-electron chi connectivity index (χ4n) is 1.82. The van der Waals surface area contributed by atoms with Crippen LogP contribution in [0.15, 0.2) is 47.4 Å². The van der Waals surface area contributed by atoms with Crippen molar-refractivity contribution in [2.75, 3.05) is 5.32 Å². The predicted molar refractivity (Wildman–Crippen MR) is 86.6 cm³/mol. The number of primary sulfonamides is 1. The summed E-state index contributed by atoms with van der Waals surface area (Å²) < 4.78 is 22.6. The summed E-state index contributed by atoms with van der Waals surface area (Å²) in [4.78, 5) is 12.0. The zero-order valence-electron chi connectivity index (χ0n) is 11.2. The highest BCUT2D eigenvalue weighted by atomic mass is 35.5. The van der Waals surface area contributed by atoms with E-state index in [1.807, 2.05) is 0 Å². The zero-order valence-corrected chi connectivity index (χ0v) is 13.5. The van der Waals surface area contributed by atoms with Gasteiger partial charge >= 0.3 is 0 Å². The van der Waals surface area contributed by atoms with Crippen molar-refractivity contribution in [3.05, 3.63) is 58.1 Å². The lowest BCUT2D eigenvalue weighted by molar-refractivity contribution is -0.115. The monoisotopic (exact) mass is 358 g/mol. The van der Waals surface area contributed by atoms with Gasteiger partial charge in [0, 0.05) is 15.7 Å². The van der Waals surface area contributed by atoms with Crippen molar-refractivity contribution in [3.8, 4) is 0 Å². The van der Waals surface area contributed by atoms with E-state index < -0.39 is 10.0 Å². The van der Waals surface area contributed by atoms with Crippen molar-refractivity contribution < 1.29 is 13.2 Å². The number of anilines is 1. The van der Waals surface area contributed by atoms with Crippen LogP contribution >= 0.6 is 23.2 Å². The highest BCUT2D eigenvalue weighted by Gasteiger charge is 2.12. The van der Waals surface area contributed by atoms with Crippen LogP contribution in [0, 0.1) is 0 Å². The van der Waals surface area contributed by atoms with Crippen molar-refractivity contribution >= 4 is 44.8 Å². The standard InChI is InChI=1S/C14H12Cl2N2O3S/c15-12-5-2-6-13(16)11(12)8-14(19)18-9-3-1-4-10(7-9)22(17,20)21/h1-7H,8H2,(H,18,19)(H2,17,20,21). The maximum atomic E-state index is 12.0. The van der Waals surface area contributed by atoms with Crippen LogP contribution in [0.25, 0.3) is 0 Å². The van der Waals surface area contributed by atoms with Gasteiger partial charge in [-0.15, -0.1) is 0 Å². The van der Waals surface area contributed by atoms with Gasteiger partial charge in [0.1, 0.15) is 0 Å². The van der Waals surface area contributed by atoms with Gasteiger partial charge in [0.25, 0.3) is 0 Å². The number of halogens is 2. The number of benzene rings is 2. The predicted octanol–water partition coefficient (Wildman–Crippen LogP) is 2.82. The Kier molecular flexibility index (Phi) is 5.08. The van der Waals surface area contributed by atoms with Gasteiger partial charge in [-0.1, -0.05) is 35.3 Å². The van der Waals surface area contributed by atoms with E-state index in [2.05, 4.69) is 5.32 Å². The molecule has 3 N–H and O–H groups in total. The first kappa shape index (κ1) is 16.8. The molecule has 0 saturated carbocycles. The van der Waals surface area contributed by atoms with Gasteiger partial charge in [0.05, 0.1) is 11.3 Å². The van der Waals surface area contributed by atoms with E-state index in [9.17, 15) is 13.2 Å². The third-order valence-corrected chi connectivity index (χ3v) is 4.46. The number of hydrogen-bond donors (Lipinski definition) is 2. The lowest BCUT2D eigenvalue weighted by atomic mass is 10.1. The molecule has 0 spiro atoms. The number of hydrogen-bond acceptors (Lipinski definition) is 3. The Morgan fingerprint density at radius 2 is 1.68 bits per heavy atom. The number of carbonyl (C=O) groups excluding carboxylic acids is 1. The minimum atomic E-state index is -3.83. The molecule has 22 heavy (non-hydrogen) atoms. The van der Waals surface area contributed by atoms with Crippen LogP contribution in [-0.2, 0) is 21.2 Å². The van der Waals surface area contributed by atoms with Gasteiger partial charge in [0.2, 0.25) is 15.9 Å². The van der Waals surface area contributed by atoms with Crippen LogP contribution in [0.5, 0.6) is 0 Å². The summed E-state index contributed by atoms with van der Waals surface area (Å²) in [6.45, 7) is 0. The Bertz CT molecular complexity index is 802. The molecule has 0 atom stereocenters. The summed E-state index contributed by atoms with van der Waals surface area (Å²) >= 11 is 12.0. The minimum Gasteiger partial charge on any atom is -0.326 e. The van der Waals surface area contributed by atoms with E-state index in [4.69, 9.17) is 28.3 Å². The average Bonchev–Trinajstić information content (AvgIpc) is 2.42. The van der Waals surface area contributed by atoms with Gasteiger partial charge in [-0.2, -0.15) is 0 Å². The molecule has 0 heterocycles. The number of sulfonamides is 1. The smallest absolute Gasteiger partial charge is 0.238 e. The summed E-state index contributed by atoms with van der Waals surface area (Å²) in [5.74, 6) is -0.374. The van der Waals surface area contributed by atoms with Crippen LogP contribution < -0.4 is 10.5 Å². The molecule has 0 aliphatic heterocycles. The lowest BCUT2D eigenvalue weighted by Gasteiger charge is -2.09. The first-order valence-corrected chi connectivity index (χ1v) is 8.43. The van der Waals surface area contributed by atoms with Crippen LogP contribution in [0.1, 0.15) is 5.56 Å². The second-order valence-electron chi connectivity index (χ2n) is 4.50. The highest BCUT2D eigenvalue weighted by molar-refractivity contribution is 7.89. The number of nitrogens with two attached hydrogens (primary N) is 1. The second-order valence-corrected chi connectivity index (χ2v) is 6.87. The van der Waals surface area contributed by atoms with Crippen molar-refractivity contribution in [3.63, 3.8) is 0 Å². The van der Waals surface area contributed by atoms with Crippen molar-refractivity contribution in [2.45, 2.75) is 11.3 Å². The average molecular weight is 359 g/mol. The largest absolute Gasteiger partial charge is 0.326 e. The number of amides is 1. The SMILES string of the molecule is NS(=O)(=O)c1cccc(NC(=O)Cc2c(Cl)cccc2Cl)c1. The molecule has 116 valence electrons. The normalized spacial score (nSPS) is 11.2. The first-order valence-electron chi connectivity index (χ1n) is 6.13. The van der Waals surface area contributed by atoms with Crippen LogP contribution in [0.3, 0.4) is 0 Å². The molecule has 8 heteroatoms. The maximum Gasteiger partial charge on any atom is 0.238 e. The van der Waals surface area contributed by atoms with Gasteiger partial charge in [-0.25, -0.2) is 13.6 Å². The van der Waals surface area contributed by atoms with E-state index >= 15 is 0 Å². The van der Waals surface area contributed by atoms with Gasteiger partial charge < -0.3 is 5.32 Å². The Morgan fingerprint density at radius 3 is 2.27 bits per heavy atom. The number of nitrogens with one attached hydrogen (secondary N) is 1. The molecule has 0 bridgehead atoms. The number of rotatable bonds is 4. The summed E-state index contributed by atoms with van der Waals surface area (Å²) in [6.07, 6.45) is -0.0297. The van der Waals surface area contributed by atoms with Gasteiger partial charge in [-0.3, -0.25) is 4.79 Å². The molecule has 0 aliphatic carbocycles. The first-order chi connectivity index (χ1) is 10.3. The van der Waals surface area contributed by atoms with Gasteiger partial charge in [0.15, 0.2) is 0 Å². The second kappa shape index (κ2) is 6.66. The van der Waals surface area contributed by atoms with E-state index in [0.717, 1.165) is 0 Å². The zero-order chi connectivity index (χ0) is 16.3. The maximum absolute atomic E-state index is 12.0. The molecule has 2 rings (SSSR count). The molecule has 0 saturated heterocycles. The van der Waals surface area contributed by atoms with Crippen LogP contribution in [0.4, 0.5) is 5.69 Å². The molecule has 2 aromatic carbocycles. The van der Waals surface area contributed by atoms with Crippen molar-refractivity contribution in [1.82, 2.24) is 0 Å². The number of carbonyl (C=O) groups is 1. The fraction of sp³-hybridized carbons (Fsp3) is 0.0714. The minimum absolute atomic E-state index is 0.0297. The Morgan fingerprint density at radius 1 is 1.09 bits per heavy atom. The summed E-state index contributed by atoms with van der Waals surface area (Å²) in [5, 5.41) is 8.40. The van der Waals surface area contributed by atoms with Crippen LogP contribution in [0.2, 0.25) is 10.0 Å². The molecule has 0 radical (unpaired) electrons. The van der Waals surface area contributed by atoms with E-state index in [1.54, 1.807) is 24.3 Å². The fourth-order valence-corrected chi connectivity index (χ4v) is 2.91. The highest BCUT2D eigenvalue weighted by Crippen LogP contribution is 2.25. The van der Waals surface area contributed by atoms with Crippen molar-refractivity contribution in [1.29, 1.82) is 0 Å². The Hall–Kier alpha value is -1.60. The molecular formula is C14H12Cl2N2O3S. The molecule has 2 aromatic rings. The third-order valence-electron chi connectivity index (χ3n) is 2.85. The van der Waals surface area contributed by atoms with Crippen LogP contribution in [-0.4, -0.2) is 14.3 Å². The summed E-state index contributed by atoms with van der Waals surface area (Å²) in [5.41, 5.74) is 0.825. The Labute approximate surface area is 138 Å². The molecule has 0 unspecified atom stereocenters. The topological polar surface area (TPSA) is 89.3 Å². The molecule has 0 aliphatic rings. The summed E-state index contributed by atoms with van der Waals surface area (Å²) in [6, 6.07) is 10.6. The lowest BCUT2D eigenvalue weighted by Crippen LogP contribution is -2.16. The molecule has 0 fully saturated rings. The molecular weight excluding hydrogens is 347 g/mol. The van der Waals surface area contributed by atoms with E-state index in [1.165, 1.54) is 18.2 Å². The third kappa shape index (κ3) is 4.20. The van der Waals surface area contributed by atoms with Crippen molar-refractivity contribution in [2.24, 2.45) is 5.14 Å². The summed E-state index contributed by atoms with van der Waals surface area (Å²) in [7, 11) is -3.83. The van der Waals surface area contributed by atoms with E-state index in [-0.39, 0.29) is 17.2 Å². The molecule has 5 nitrogen and oxygen atoms in total. The molecule has 0 aromatic heterocycles. The Balaban J connectivity index is 2.16.